The zero-order chi connectivity index (χ0) is 14.9. The molecule has 0 aromatic carbocycles. The Bertz CT molecular complexity index is 602. The number of hydrogen-bond donors (Lipinski definition) is 1. The van der Waals surface area contributed by atoms with Crippen molar-refractivity contribution in [3.8, 4) is 0 Å². The van der Waals surface area contributed by atoms with Gasteiger partial charge in [-0.15, -0.1) is 0 Å². The van der Waals surface area contributed by atoms with E-state index in [2.05, 4.69) is 0 Å². The third kappa shape index (κ3) is 3.04. The van der Waals surface area contributed by atoms with Gasteiger partial charge >= 0.3 is 0 Å². The Balaban J connectivity index is 2.21. The molecular formula is C13H21N3O3S. The number of hydrogen-bond acceptors (Lipinski definition) is 3. The molecule has 0 radical (unpaired) electrons. The van der Waals surface area contributed by atoms with E-state index in [1.54, 1.807) is 16.5 Å². The molecule has 0 atom stereocenters. The molecule has 0 aliphatic heterocycles. The number of nitrogens with two attached hydrogens (primary N) is 1. The van der Waals surface area contributed by atoms with Crippen molar-refractivity contribution >= 4 is 15.9 Å². The number of carbonyl (C=O) groups excluding carboxylic acids is 1. The van der Waals surface area contributed by atoms with Gasteiger partial charge < -0.3 is 9.47 Å². The molecule has 1 saturated carbocycles. The summed E-state index contributed by atoms with van der Waals surface area (Å²) in [5, 5.41) is 5.12. The van der Waals surface area contributed by atoms with E-state index in [0.29, 0.717) is 18.2 Å². The van der Waals surface area contributed by atoms with Gasteiger partial charge in [0.2, 0.25) is 10.0 Å². The summed E-state index contributed by atoms with van der Waals surface area (Å²) in [5.41, 5.74) is 0.373. The molecule has 1 heterocycles. The molecule has 0 unspecified atom stereocenters. The van der Waals surface area contributed by atoms with Gasteiger partial charge in [0.15, 0.2) is 0 Å². The van der Waals surface area contributed by atoms with Crippen LogP contribution in [-0.2, 0) is 16.6 Å². The SMILES string of the molecule is CCn1cc(S(N)(=O)=O)cc1C(=O)N(C)CC1CCC1. The van der Waals surface area contributed by atoms with Crippen molar-refractivity contribution in [2.75, 3.05) is 13.6 Å². The third-order valence-corrected chi connectivity index (χ3v) is 4.74. The molecule has 1 aromatic heterocycles. The van der Waals surface area contributed by atoms with Crippen LogP contribution in [0.25, 0.3) is 0 Å². The molecule has 20 heavy (non-hydrogen) atoms. The van der Waals surface area contributed by atoms with Gasteiger partial charge in [0.1, 0.15) is 10.6 Å². The van der Waals surface area contributed by atoms with Gasteiger partial charge in [0, 0.05) is 26.3 Å². The minimum Gasteiger partial charge on any atom is -0.342 e. The van der Waals surface area contributed by atoms with Crippen molar-refractivity contribution in [1.29, 1.82) is 0 Å². The predicted octanol–water partition coefficient (Wildman–Crippen LogP) is 1.03. The number of aryl methyl sites for hydroxylation is 1. The average molecular weight is 299 g/mol. The summed E-state index contributed by atoms with van der Waals surface area (Å²) in [7, 11) is -2.03. The maximum atomic E-state index is 12.4. The fraction of sp³-hybridized carbons (Fsp3) is 0.615. The highest BCUT2D eigenvalue weighted by Crippen LogP contribution is 2.27. The van der Waals surface area contributed by atoms with Crippen molar-refractivity contribution in [2.45, 2.75) is 37.6 Å². The summed E-state index contributed by atoms with van der Waals surface area (Å²) in [6, 6.07) is 1.36. The molecule has 1 aliphatic rings. The Labute approximate surface area is 119 Å². The fourth-order valence-corrected chi connectivity index (χ4v) is 2.97. The molecule has 0 spiro atoms. The molecule has 112 valence electrons. The van der Waals surface area contributed by atoms with Gasteiger partial charge in [-0.2, -0.15) is 0 Å². The molecule has 1 aromatic rings. The Hall–Kier alpha value is -1.34. The Kier molecular flexibility index (Phi) is 4.19. The molecule has 1 amide bonds. The molecule has 6 nitrogen and oxygen atoms in total. The molecule has 2 rings (SSSR count). The first-order chi connectivity index (χ1) is 9.32. The average Bonchev–Trinajstić information content (AvgIpc) is 2.76. The molecule has 0 bridgehead atoms. The van der Waals surface area contributed by atoms with Crippen LogP contribution < -0.4 is 5.14 Å². The quantitative estimate of drug-likeness (QED) is 0.881. The van der Waals surface area contributed by atoms with Crippen LogP contribution >= 0.6 is 0 Å². The van der Waals surface area contributed by atoms with Crippen molar-refractivity contribution in [3.63, 3.8) is 0 Å². The Morgan fingerprint density at radius 2 is 2.15 bits per heavy atom. The van der Waals surface area contributed by atoms with Crippen molar-refractivity contribution in [3.05, 3.63) is 18.0 Å². The second-order valence-electron chi connectivity index (χ2n) is 5.37. The Morgan fingerprint density at radius 3 is 2.60 bits per heavy atom. The second kappa shape index (κ2) is 5.57. The summed E-state index contributed by atoms with van der Waals surface area (Å²) >= 11 is 0. The van der Waals surface area contributed by atoms with Crippen LogP contribution in [-0.4, -0.2) is 37.4 Å². The maximum absolute atomic E-state index is 12.4. The number of aromatic nitrogens is 1. The first-order valence-electron chi connectivity index (χ1n) is 6.81. The highest BCUT2D eigenvalue weighted by Gasteiger charge is 2.25. The van der Waals surface area contributed by atoms with Crippen molar-refractivity contribution in [1.82, 2.24) is 9.47 Å². The van der Waals surface area contributed by atoms with Gasteiger partial charge in [-0.3, -0.25) is 4.79 Å². The molecule has 2 N–H and O–H groups in total. The zero-order valence-electron chi connectivity index (χ0n) is 11.9. The number of rotatable bonds is 5. The third-order valence-electron chi connectivity index (χ3n) is 3.86. The lowest BCUT2D eigenvalue weighted by molar-refractivity contribution is 0.0734. The van der Waals surface area contributed by atoms with Gasteiger partial charge in [-0.05, 0) is 31.7 Å². The lowest BCUT2D eigenvalue weighted by Crippen LogP contribution is -2.35. The summed E-state index contributed by atoms with van der Waals surface area (Å²) < 4.78 is 24.4. The highest BCUT2D eigenvalue weighted by atomic mass is 32.2. The van der Waals surface area contributed by atoms with Crippen LogP contribution in [0.2, 0.25) is 0 Å². The standard InChI is InChI=1S/C13H21N3O3S/c1-3-16-9-11(20(14,18)19)7-12(16)13(17)15(2)8-10-5-4-6-10/h7,9-10H,3-6,8H2,1-2H3,(H2,14,18,19). The van der Waals surface area contributed by atoms with Gasteiger partial charge in [0.05, 0.1) is 0 Å². The van der Waals surface area contributed by atoms with Crippen LogP contribution in [0.5, 0.6) is 0 Å². The lowest BCUT2D eigenvalue weighted by Gasteiger charge is -2.30. The number of sulfonamides is 1. The van der Waals surface area contributed by atoms with Crippen LogP contribution in [0, 0.1) is 5.92 Å². The van der Waals surface area contributed by atoms with Crippen LogP contribution in [0.3, 0.4) is 0 Å². The first-order valence-corrected chi connectivity index (χ1v) is 8.36. The number of primary sulfonamides is 1. The van der Waals surface area contributed by atoms with E-state index in [9.17, 15) is 13.2 Å². The van der Waals surface area contributed by atoms with E-state index < -0.39 is 10.0 Å². The first kappa shape index (κ1) is 15.1. The second-order valence-corrected chi connectivity index (χ2v) is 6.94. The van der Waals surface area contributed by atoms with Crippen molar-refractivity contribution in [2.24, 2.45) is 11.1 Å². The minimum absolute atomic E-state index is 0.0141. The van der Waals surface area contributed by atoms with E-state index in [1.807, 2.05) is 6.92 Å². The minimum atomic E-state index is -3.78. The molecule has 7 heteroatoms. The van der Waals surface area contributed by atoms with Crippen molar-refractivity contribution < 1.29 is 13.2 Å². The fourth-order valence-electron chi connectivity index (χ4n) is 2.42. The normalized spacial score (nSPS) is 15.9. The smallest absolute Gasteiger partial charge is 0.270 e. The molecule has 1 aliphatic carbocycles. The summed E-state index contributed by atoms with van der Waals surface area (Å²) in [5.74, 6) is 0.417. The van der Waals surface area contributed by atoms with E-state index >= 15 is 0 Å². The van der Waals surface area contributed by atoms with E-state index in [-0.39, 0.29) is 10.8 Å². The zero-order valence-corrected chi connectivity index (χ0v) is 12.7. The largest absolute Gasteiger partial charge is 0.342 e. The highest BCUT2D eigenvalue weighted by molar-refractivity contribution is 7.89. The Morgan fingerprint density at radius 1 is 1.50 bits per heavy atom. The van der Waals surface area contributed by atoms with Gasteiger partial charge in [-0.25, -0.2) is 13.6 Å². The van der Waals surface area contributed by atoms with Crippen LogP contribution in [0.1, 0.15) is 36.7 Å². The number of nitrogens with zero attached hydrogens (tertiary/aromatic N) is 2. The lowest BCUT2D eigenvalue weighted by atomic mass is 9.85. The van der Waals surface area contributed by atoms with Crippen LogP contribution in [0.15, 0.2) is 17.2 Å². The topological polar surface area (TPSA) is 85.4 Å². The summed E-state index contributed by atoms with van der Waals surface area (Å²) in [6.45, 7) is 3.10. The van der Waals surface area contributed by atoms with E-state index in [0.717, 1.165) is 19.4 Å². The summed E-state index contributed by atoms with van der Waals surface area (Å²) in [6.07, 6.45) is 4.97. The monoisotopic (exact) mass is 299 g/mol. The molecular weight excluding hydrogens is 278 g/mol. The van der Waals surface area contributed by atoms with Crippen LogP contribution in [0.4, 0.5) is 0 Å². The van der Waals surface area contributed by atoms with E-state index in [4.69, 9.17) is 5.14 Å². The van der Waals surface area contributed by atoms with Gasteiger partial charge in [0.25, 0.3) is 5.91 Å². The molecule has 1 fully saturated rings. The number of carbonyl (C=O) groups is 1. The molecule has 0 saturated heterocycles. The number of amides is 1. The maximum Gasteiger partial charge on any atom is 0.270 e. The summed E-state index contributed by atoms with van der Waals surface area (Å²) in [4.78, 5) is 14.1. The predicted molar refractivity (Wildman–Crippen MR) is 75.8 cm³/mol. The van der Waals surface area contributed by atoms with E-state index in [1.165, 1.54) is 18.7 Å². The van der Waals surface area contributed by atoms with Gasteiger partial charge in [-0.1, -0.05) is 6.42 Å².